The Morgan fingerprint density at radius 2 is 1.23 bits per heavy atom. The molecule has 0 aliphatic carbocycles. The summed E-state index contributed by atoms with van der Waals surface area (Å²) in [5.41, 5.74) is 6.04. The van der Waals surface area contributed by atoms with E-state index in [4.69, 9.17) is 60.5 Å². The number of benzene rings is 1. The first-order valence-electron chi connectivity index (χ1n) is 7.84. The Morgan fingerprint density at radius 3 is 1.67 bits per heavy atom. The summed E-state index contributed by atoms with van der Waals surface area (Å²) in [6, 6.07) is 9.80. The molecule has 0 aliphatic heterocycles. The van der Waals surface area contributed by atoms with Gasteiger partial charge < -0.3 is 5.73 Å². The molecule has 3 N–H and O–H groups in total. The van der Waals surface area contributed by atoms with Gasteiger partial charge in [-0.3, -0.25) is 0 Å². The Balaban J connectivity index is 0.000000702. The summed E-state index contributed by atoms with van der Waals surface area (Å²) < 4.78 is 70.1. The number of rotatable bonds is 5. The van der Waals surface area contributed by atoms with E-state index < -0.39 is 20.5 Å². The molecule has 0 saturated carbocycles. The fraction of sp³-hybridized carbons (Fsp3) is 0.188. The van der Waals surface area contributed by atoms with Crippen molar-refractivity contribution < 1.29 is 68.1 Å². The Hall–Kier alpha value is -1.09. The molecule has 168 valence electrons. The molecule has 30 heavy (non-hydrogen) atoms. The summed E-state index contributed by atoms with van der Waals surface area (Å²) in [6.07, 6.45) is 9.36. The van der Waals surface area contributed by atoms with E-state index in [2.05, 4.69) is 40.9 Å². The maximum Gasteiger partial charge on any atom is 0.169 e. The van der Waals surface area contributed by atoms with Crippen molar-refractivity contribution in [2.45, 2.75) is 13.0 Å². The molecule has 10 nitrogen and oxygen atoms in total. The molecular weight excluding hydrogens is 490 g/mol. The molecule has 1 aromatic carbocycles. The monoisotopic (exact) mass is 506 g/mol. The summed E-state index contributed by atoms with van der Waals surface area (Å²) in [6.45, 7) is 1.98. The molecule has 14 heteroatoms. The van der Waals surface area contributed by atoms with Crippen LogP contribution in [-0.2, 0) is 6.54 Å². The summed E-state index contributed by atoms with van der Waals surface area (Å²) in [5, 5.41) is 1.16. The zero-order valence-electron chi connectivity index (χ0n) is 15.2. The minimum absolute atomic E-state index is 0.577. The van der Waals surface area contributed by atoms with Gasteiger partial charge in [0.15, 0.2) is 18.9 Å². The lowest BCUT2D eigenvalue weighted by atomic mass is 10.1. The molecule has 0 aliphatic rings. The van der Waals surface area contributed by atoms with E-state index in [1.54, 1.807) is 6.07 Å². The van der Waals surface area contributed by atoms with Gasteiger partial charge in [-0.05, 0) is 23.3 Å². The lowest BCUT2D eigenvalue weighted by Crippen LogP contribution is -2.68. The van der Waals surface area contributed by atoms with Gasteiger partial charge in [0.05, 0.1) is 23.0 Å². The SMILES string of the molecule is [NH3+]CCC[n+]1ccc(/C=C/c2ccc(Cl)c(Cl)c2)cc1.[O-][Cl+3]([O-])([O-])[O-].[O-][Cl+3]([O-])([O-])[O-]. The van der Waals surface area contributed by atoms with Gasteiger partial charge in [0, 0.05) is 12.1 Å². The molecule has 0 spiro atoms. The lowest BCUT2D eigenvalue weighted by molar-refractivity contribution is -2.00. The van der Waals surface area contributed by atoms with E-state index in [0.29, 0.717) is 10.0 Å². The van der Waals surface area contributed by atoms with Gasteiger partial charge >= 0.3 is 0 Å². The maximum atomic E-state index is 8.49. The second-order valence-corrected chi connectivity index (χ2v) is 7.67. The number of hydrogen-bond donors (Lipinski definition) is 1. The van der Waals surface area contributed by atoms with E-state index in [-0.39, 0.29) is 0 Å². The number of aromatic nitrogens is 1. The molecule has 0 fully saturated rings. The standard InChI is InChI=1S/C16H17Cl2N2.2ClHO4/c17-15-5-4-14(12-16(15)18)3-2-13-6-10-20(11-7-13)9-1-8-19;2*2-1(3,4)5/h2-7,10-12H,1,8-9,19H2;2*(H,2,3,4,5)/q+1;;/p-1/b3-2+;;. The maximum absolute atomic E-state index is 8.49. The fourth-order valence-electron chi connectivity index (χ4n) is 1.83. The first-order valence-corrected chi connectivity index (χ1v) is 11.1. The minimum Gasteiger partial charge on any atom is -0.357 e. The van der Waals surface area contributed by atoms with E-state index in [1.165, 1.54) is 0 Å². The molecule has 2 aromatic rings. The molecule has 0 unspecified atom stereocenters. The van der Waals surface area contributed by atoms with Crippen LogP contribution in [0, 0.1) is 20.5 Å². The van der Waals surface area contributed by atoms with Crippen molar-refractivity contribution in [1.82, 2.24) is 0 Å². The molecule has 0 atom stereocenters. The van der Waals surface area contributed by atoms with Crippen molar-refractivity contribution in [3.05, 3.63) is 63.9 Å². The van der Waals surface area contributed by atoms with Gasteiger partial charge in [0.1, 0.15) is 0 Å². The molecule has 1 heterocycles. The van der Waals surface area contributed by atoms with Crippen molar-refractivity contribution in [1.29, 1.82) is 0 Å². The number of hydrogen-bond acceptors (Lipinski definition) is 8. The van der Waals surface area contributed by atoms with E-state index in [9.17, 15) is 0 Å². The van der Waals surface area contributed by atoms with Crippen molar-refractivity contribution in [3.8, 4) is 0 Å². The van der Waals surface area contributed by atoms with Crippen LogP contribution in [0.5, 0.6) is 0 Å². The first kappa shape index (κ1) is 28.9. The first-order chi connectivity index (χ1) is 13.7. The van der Waals surface area contributed by atoms with Gasteiger partial charge in [-0.2, -0.15) is 0 Å². The van der Waals surface area contributed by atoms with Gasteiger partial charge in [0.2, 0.25) is 0 Å². The molecule has 0 bridgehead atoms. The fourth-order valence-corrected chi connectivity index (χ4v) is 2.14. The van der Waals surface area contributed by atoms with Crippen LogP contribution in [0.3, 0.4) is 0 Å². The number of quaternary nitrogens is 1. The van der Waals surface area contributed by atoms with Crippen LogP contribution >= 0.6 is 23.2 Å². The summed E-state index contributed by atoms with van der Waals surface area (Å²) in [5.74, 6) is 0. The van der Waals surface area contributed by atoms with Crippen LogP contribution in [0.2, 0.25) is 10.0 Å². The summed E-state index contributed by atoms with van der Waals surface area (Å²) in [4.78, 5) is 0. The van der Waals surface area contributed by atoms with Crippen LogP contribution in [0.1, 0.15) is 17.5 Å². The van der Waals surface area contributed by atoms with Crippen molar-refractivity contribution >= 4 is 35.4 Å². The number of pyridine rings is 1. The van der Waals surface area contributed by atoms with Crippen LogP contribution in [0.15, 0.2) is 42.7 Å². The molecular formula is C16H18Cl4N2O8. The average molecular weight is 508 g/mol. The predicted molar refractivity (Wildman–Crippen MR) is 84.4 cm³/mol. The zero-order chi connectivity index (χ0) is 23.4. The molecule has 0 radical (unpaired) electrons. The van der Waals surface area contributed by atoms with Crippen LogP contribution in [0.4, 0.5) is 0 Å². The smallest absolute Gasteiger partial charge is 0.169 e. The third-order valence-corrected chi connectivity index (χ3v) is 3.73. The summed E-state index contributed by atoms with van der Waals surface area (Å²) in [7, 11) is -9.89. The molecule has 0 saturated heterocycles. The largest absolute Gasteiger partial charge is 0.357 e. The van der Waals surface area contributed by atoms with Crippen LogP contribution < -0.4 is 47.6 Å². The quantitative estimate of drug-likeness (QED) is 0.382. The van der Waals surface area contributed by atoms with Crippen molar-refractivity contribution in [3.63, 3.8) is 0 Å². The van der Waals surface area contributed by atoms with Crippen LogP contribution in [-0.4, -0.2) is 6.54 Å². The van der Waals surface area contributed by atoms with Crippen LogP contribution in [0.25, 0.3) is 12.2 Å². The minimum atomic E-state index is -4.94. The lowest BCUT2D eigenvalue weighted by Gasteiger charge is -2.17. The van der Waals surface area contributed by atoms with Crippen molar-refractivity contribution in [2.75, 3.05) is 6.54 Å². The highest BCUT2D eigenvalue weighted by molar-refractivity contribution is 6.42. The molecule has 0 amide bonds. The van der Waals surface area contributed by atoms with Gasteiger partial charge in [-0.25, -0.2) is 41.8 Å². The normalized spacial score (nSPS) is 11.4. The topological polar surface area (TPSA) is 216 Å². The average Bonchev–Trinajstić information content (AvgIpc) is 2.59. The van der Waals surface area contributed by atoms with E-state index >= 15 is 0 Å². The highest BCUT2D eigenvalue weighted by atomic mass is 35.7. The highest BCUT2D eigenvalue weighted by Gasteiger charge is 2.00. The Bertz CT molecular complexity index is 756. The Labute approximate surface area is 186 Å². The molecule has 1 aromatic heterocycles. The predicted octanol–water partition coefficient (Wildman–Crippen LogP) is -6.43. The Morgan fingerprint density at radius 1 is 0.767 bits per heavy atom. The second-order valence-electron chi connectivity index (χ2n) is 5.34. The van der Waals surface area contributed by atoms with E-state index in [1.807, 2.05) is 18.2 Å². The number of nitrogens with zero attached hydrogens (tertiary/aromatic N) is 1. The number of aryl methyl sites for hydroxylation is 1. The number of halogens is 4. The zero-order valence-corrected chi connectivity index (χ0v) is 18.3. The highest BCUT2D eigenvalue weighted by Crippen LogP contribution is 2.23. The third-order valence-electron chi connectivity index (χ3n) is 3.00. The third kappa shape index (κ3) is 18.9. The van der Waals surface area contributed by atoms with Gasteiger partial charge in [0.25, 0.3) is 0 Å². The molecule has 2 rings (SSSR count). The Kier molecular flexibility index (Phi) is 13.6. The van der Waals surface area contributed by atoms with Crippen molar-refractivity contribution in [2.24, 2.45) is 0 Å². The summed E-state index contributed by atoms with van der Waals surface area (Å²) >= 11 is 11.9. The van der Waals surface area contributed by atoms with E-state index in [0.717, 1.165) is 30.6 Å². The second kappa shape index (κ2) is 14.1. The van der Waals surface area contributed by atoms with Gasteiger partial charge in [-0.15, -0.1) is 20.5 Å². The van der Waals surface area contributed by atoms with Gasteiger partial charge in [-0.1, -0.05) is 41.4 Å².